The number of nitro groups is 2. The van der Waals surface area contributed by atoms with Crippen LogP contribution in [-0.2, 0) is 33.5 Å². The van der Waals surface area contributed by atoms with Crippen LogP contribution >= 0.6 is 46.4 Å². The van der Waals surface area contributed by atoms with Crippen molar-refractivity contribution in [3.05, 3.63) is 127 Å². The summed E-state index contributed by atoms with van der Waals surface area (Å²) in [5.41, 5.74) is -10.7. The van der Waals surface area contributed by atoms with E-state index in [1.807, 2.05) is 0 Å². The van der Waals surface area contributed by atoms with Gasteiger partial charge in [-0.2, -0.15) is 0 Å². The van der Waals surface area contributed by atoms with Crippen LogP contribution in [0.25, 0.3) is 0 Å². The van der Waals surface area contributed by atoms with Gasteiger partial charge in [0.2, 0.25) is 0 Å². The number of carbonyl (C=O) groups excluding carboxylic acids is 6. The largest absolute Gasteiger partial charge is 0.394 e. The van der Waals surface area contributed by atoms with Crippen LogP contribution in [0.15, 0.2) is 96.1 Å². The van der Waals surface area contributed by atoms with Crippen LogP contribution in [0.5, 0.6) is 0 Å². The van der Waals surface area contributed by atoms with Gasteiger partial charge in [-0.15, -0.1) is 0 Å². The van der Waals surface area contributed by atoms with Gasteiger partial charge in [0.25, 0.3) is 23.2 Å². The average Bonchev–Trinajstić information content (AvgIpc) is 1.37. The Hall–Kier alpha value is -5.52. The van der Waals surface area contributed by atoms with Crippen LogP contribution in [0, 0.1) is 77.4 Å². The smallest absolute Gasteiger partial charge is 0.269 e. The molecule has 6 saturated carbocycles. The Kier molecular flexibility index (Phi) is 22.6. The number of rotatable bonds is 19. The molecule has 0 unspecified atom stereocenters. The lowest BCUT2D eigenvalue weighted by molar-refractivity contribution is -0.385. The molecule has 2 aromatic rings. The van der Waals surface area contributed by atoms with E-state index in [1.165, 1.54) is 86.7 Å². The predicted octanol–water partition coefficient (Wildman–Crippen LogP) is 7.83. The molecule has 0 saturated heterocycles. The van der Waals surface area contributed by atoms with Gasteiger partial charge in [0, 0.05) is 64.4 Å². The van der Waals surface area contributed by atoms with Crippen molar-refractivity contribution in [1.29, 1.82) is 0 Å². The molecule has 10 rings (SSSR count). The van der Waals surface area contributed by atoms with E-state index in [9.17, 15) is 89.8 Å². The highest BCUT2D eigenvalue weighted by molar-refractivity contribution is 6.58. The number of Topliss-reactive ketones (excluding diaryl/α,β-unsaturated/α-hetero) is 2. The molecule has 10 N–H and O–H groups in total. The van der Waals surface area contributed by atoms with E-state index >= 15 is 8.78 Å². The van der Waals surface area contributed by atoms with Gasteiger partial charge >= 0.3 is 0 Å². The Morgan fingerprint density at radius 2 is 1.01 bits per heavy atom. The molecule has 0 spiro atoms. The minimum Gasteiger partial charge on any atom is -0.394 e. The highest BCUT2D eigenvalue weighted by atomic mass is 35.5. The third-order valence-corrected chi connectivity index (χ3v) is 24.2. The quantitative estimate of drug-likeness (QED) is 0.0277. The summed E-state index contributed by atoms with van der Waals surface area (Å²) in [6, 6.07) is 8.12. The number of allylic oxidation sites excluding steroid dienone is 8. The molecule has 8 aliphatic carbocycles. The van der Waals surface area contributed by atoms with Crippen LogP contribution in [0.4, 0.5) is 20.2 Å². The Morgan fingerprint density at radius 3 is 1.37 bits per heavy atom. The number of aliphatic hydroxyl groups is 8. The third kappa shape index (κ3) is 13.3. The fourth-order valence-electron chi connectivity index (χ4n) is 18.1. The van der Waals surface area contributed by atoms with E-state index in [0.717, 1.165) is 0 Å². The summed E-state index contributed by atoms with van der Waals surface area (Å²) in [5, 5.41) is 113. The minimum atomic E-state index is -2.10. The molecule has 0 aromatic heterocycles. The molecule has 20 atom stereocenters. The topological polar surface area (TPSA) is 384 Å². The van der Waals surface area contributed by atoms with Gasteiger partial charge in [0.1, 0.15) is 30.5 Å². The monoisotopic (exact) mass is 1450 g/mol. The van der Waals surface area contributed by atoms with Crippen molar-refractivity contribution in [2.45, 2.75) is 181 Å². The second-order valence-corrected chi connectivity index (χ2v) is 32.3. The summed E-state index contributed by atoms with van der Waals surface area (Å²) >= 11 is 23.1. The fourth-order valence-corrected chi connectivity index (χ4v) is 18.3. The molecule has 538 valence electrons. The number of nitrogens with zero attached hydrogens (tertiary/aromatic N) is 2. The molecule has 6 fully saturated rings. The molecule has 23 nitrogen and oxygen atoms in total. The molecule has 29 heteroatoms. The lowest BCUT2D eigenvalue weighted by Crippen LogP contribution is -2.69. The Bertz CT molecular complexity index is 3590. The van der Waals surface area contributed by atoms with Crippen molar-refractivity contribution in [2.75, 3.05) is 26.4 Å². The number of aliphatic hydroxyl groups excluding tert-OH is 6. The van der Waals surface area contributed by atoms with E-state index < -0.39 is 172 Å². The summed E-state index contributed by atoms with van der Waals surface area (Å²) in [7, 11) is 0. The first-order chi connectivity index (χ1) is 45.3. The number of benzene rings is 2. The van der Waals surface area contributed by atoms with Gasteiger partial charge in [0.15, 0.2) is 43.1 Å². The zero-order valence-corrected chi connectivity index (χ0v) is 58.5. The van der Waals surface area contributed by atoms with Crippen LogP contribution in [0.3, 0.4) is 0 Å². The maximum atomic E-state index is 17.4. The lowest BCUT2D eigenvalue weighted by Gasteiger charge is -2.62. The van der Waals surface area contributed by atoms with Crippen LogP contribution in [0.1, 0.15) is 137 Å². The van der Waals surface area contributed by atoms with Crippen LogP contribution in [0.2, 0.25) is 0 Å². The minimum absolute atomic E-state index is 0.0372. The number of fused-ring (bicyclic) bond motifs is 10. The number of hydrogen-bond acceptors (Lipinski definition) is 19. The summed E-state index contributed by atoms with van der Waals surface area (Å²) in [6.07, 6.45) is 5.61. The highest BCUT2D eigenvalue weighted by Crippen LogP contribution is 2.73. The van der Waals surface area contributed by atoms with Crippen LogP contribution in [-0.4, -0.2) is 168 Å². The zero-order valence-electron chi connectivity index (χ0n) is 55.4. The van der Waals surface area contributed by atoms with Gasteiger partial charge in [-0.25, -0.2) is 8.78 Å². The number of nitrogens with one attached hydrogen (secondary N) is 2. The standard InChI is InChI=1S/C35H43Cl2FN2O9.C22H29FO5.C12H14Cl2N2O5/c1-19-15-25-24-10-7-21-16-23(41)11-13-31(21,2)34(24,38)27(42)17-32(25,3)35(19,46)28(43)18-49-14-12-26(39-30(45)33(4,36)37)29(44)20-5-8-22(9-6-20)40(47)48;1-12-8-16-15-5-4-13-9-14(25)6-7-19(13,2)21(15,23)17(26)10-20(16,3)22(12,28)18(27)11-24;1-12(13,14)11(19)15-9(6-17)10(18)7-2-4-8(5-3-7)16(20)21/h5-6,8-9,11,13,16,19,24-27,29,42,44,46H,7,10,12,14-15,17-18H2,1-4H3,(H,39,45);6-7,9,12,15-17,24,26,28H,4-5,8,10-11H2,1-3H3;2-5,9-10,17-18H,6H2,1H3,(H,15,19)/t19-,24+,25+,26-,27+,29-,31+,32+,34+,35+;12-,15+,16+,17+,19+,20+,21+,22+;9-,10-/m111/s1. The molecule has 8 aliphatic rings. The molecule has 0 radical (unpaired) electrons. The number of non-ortho nitro benzene ring substituents is 2. The molecule has 2 amide bonds. The molecular weight excluding hydrogens is 1370 g/mol. The predicted molar refractivity (Wildman–Crippen MR) is 356 cm³/mol. The fraction of sp³-hybridized carbons (Fsp3) is 0.623. The number of halogens is 6. The normalized spacial score (nSPS) is 36.3. The Morgan fingerprint density at radius 1 is 0.643 bits per heavy atom. The van der Waals surface area contributed by atoms with Crippen molar-refractivity contribution in [1.82, 2.24) is 10.6 Å². The number of carbonyl (C=O) groups is 6. The third-order valence-electron chi connectivity index (χ3n) is 23.5. The first-order valence-corrected chi connectivity index (χ1v) is 34.0. The van der Waals surface area contributed by atoms with E-state index in [1.54, 1.807) is 53.7 Å². The number of nitro benzene ring substituents is 2. The van der Waals surface area contributed by atoms with Gasteiger partial charge in [-0.05, 0) is 169 Å². The first-order valence-electron chi connectivity index (χ1n) is 32.5. The van der Waals surface area contributed by atoms with Crippen LogP contribution < -0.4 is 10.6 Å². The molecule has 0 heterocycles. The molecule has 0 bridgehead atoms. The van der Waals surface area contributed by atoms with Gasteiger partial charge < -0.3 is 56.2 Å². The van der Waals surface area contributed by atoms with Crippen molar-refractivity contribution < 1.29 is 93.0 Å². The number of hydrogen-bond donors (Lipinski definition) is 10. The van der Waals surface area contributed by atoms with Crippen molar-refractivity contribution in [3.63, 3.8) is 0 Å². The van der Waals surface area contributed by atoms with E-state index in [-0.39, 0.29) is 60.3 Å². The second kappa shape index (κ2) is 28.4. The zero-order chi connectivity index (χ0) is 73.2. The summed E-state index contributed by atoms with van der Waals surface area (Å²) in [6.45, 7) is 10.9. The van der Waals surface area contributed by atoms with Crippen molar-refractivity contribution in [3.8, 4) is 0 Å². The maximum absolute atomic E-state index is 17.4. The Labute approximate surface area is 585 Å². The highest BCUT2D eigenvalue weighted by Gasteiger charge is 2.77. The van der Waals surface area contributed by atoms with Gasteiger partial charge in [-0.1, -0.05) is 97.4 Å². The van der Waals surface area contributed by atoms with Crippen molar-refractivity contribution in [2.24, 2.45) is 57.2 Å². The number of amides is 2. The van der Waals surface area contributed by atoms with E-state index in [2.05, 4.69) is 10.6 Å². The summed E-state index contributed by atoms with van der Waals surface area (Å²) in [4.78, 5) is 95.1. The van der Waals surface area contributed by atoms with E-state index in [4.69, 9.17) is 51.1 Å². The molecule has 0 aliphatic heterocycles. The van der Waals surface area contributed by atoms with Gasteiger partial charge in [-0.3, -0.25) is 49.0 Å². The number of ketones is 4. The average molecular weight is 1460 g/mol. The molecule has 2 aromatic carbocycles. The number of ether oxygens (including phenoxy) is 1. The Balaban J connectivity index is 0.000000210. The lowest BCUT2D eigenvalue weighted by atomic mass is 9.44. The van der Waals surface area contributed by atoms with Gasteiger partial charge in [0.05, 0.1) is 46.8 Å². The maximum Gasteiger partial charge on any atom is 0.269 e. The second-order valence-electron chi connectivity index (χ2n) is 28.9. The molecular formula is C69H86Cl4F2N4O19. The van der Waals surface area contributed by atoms with Crippen molar-refractivity contribution >= 4 is 92.7 Å². The number of alkyl halides is 6. The SMILES string of the molecule is CC(Cl)(Cl)C(=O)N[C@H](CO)[C@H](O)c1ccc([N+](=O)[O-])cc1.C[C@@H]1C[C@H]2[C@@H]3CCC4=CC(=O)C=C[C@]4(C)[C@@]3(F)[C@@H](O)C[C@]2(C)[C@@]1(O)C(=O)CO.C[C@@H]1C[C@H]2[C@@H]3CCC4=CC(=O)C=C[C@]4(C)[C@@]3(F)[C@@H](O)C[C@]2(C)[C@@]1(O)C(=O)COCC[C@@H](NC(=O)C(C)(Cl)Cl)[C@H](O)c1ccc([N+](=O)[O-])cc1. The molecule has 98 heavy (non-hydrogen) atoms. The summed E-state index contributed by atoms with van der Waals surface area (Å²) in [5.74, 6) is -6.23. The first kappa shape index (κ1) is 78.2. The van der Waals surface area contributed by atoms with E-state index in [0.29, 0.717) is 55.2 Å². The summed E-state index contributed by atoms with van der Waals surface area (Å²) < 4.78 is 36.5.